The van der Waals surface area contributed by atoms with Crippen molar-refractivity contribution in [1.29, 1.82) is 0 Å². The summed E-state index contributed by atoms with van der Waals surface area (Å²) in [7, 11) is 1.59. The summed E-state index contributed by atoms with van der Waals surface area (Å²) in [4.78, 5) is 20.7. The van der Waals surface area contributed by atoms with Gasteiger partial charge < -0.3 is 14.6 Å². The number of hydrogen-bond donors (Lipinski definition) is 1. The van der Waals surface area contributed by atoms with Crippen molar-refractivity contribution in [3.63, 3.8) is 0 Å². The van der Waals surface area contributed by atoms with Gasteiger partial charge in [-0.25, -0.2) is 4.98 Å². The molecule has 0 aliphatic carbocycles. The predicted octanol–water partition coefficient (Wildman–Crippen LogP) is 3.23. The average molecular weight is 348 g/mol. The Morgan fingerprint density at radius 3 is 2.69 bits per heavy atom. The van der Waals surface area contributed by atoms with E-state index in [9.17, 15) is 4.79 Å². The normalized spacial score (nSPS) is 15.5. The van der Waals surface area contributed by atoms with Gasteiger partial charge in [-0.05, 0) is 31.4 Å². The Hall–Kier alpha value is -3.15. The molecule has 26 heavy (non-hydrogen) atoms. The molecule has 0 bridgehead atoms. The number of aryl methyl sites for hydroxylation is 2. The van der Waals surface area contributed by atoms with Crippen LogP contribution in [0.5, 0.6) is 5.88 Å². The van der Waals surface area contributed by atoms with Gasteiger partial charge >= 0.3 is 0 Å². The highest BCUT2D eigenvalue weighted by molar-refractivity contribution is 5.57. The SMILES string of the molecule is COc1ccc(Nc2nc(=O)cc3n2C(c2ccccc2)CC3)c(C)n1. The van der Waals surface area contributed by atoms with Gasteiger partial charge in [0.05, 0.1) is 24.5 Å². The zero-order valence-electron chi connectivity index (χ0n) is 14.8. The van der Waals surface area contributed by atoms with Gasteiger partial charge in [0.1, 0.15) is 0 Å². The third-order valence-electron chi connectivity index (χ3n) is 4.73. The van der Waals surface area contributed by atoms with E-state index in [0.29, 0.717) is 11.8 Å². The van der Waals surface area contributed by atoms with E-state index < -0.39 is 0 Å². The molecule has 1 N–H and O–H groups in total. The molecule has 1 aromatic carbocycles. The highest BCUT2D eigenvalue weighted by Crippen LogP contribution is 2.34. The third-order valence-corrected chi connectivity index (χ3v) is 4.73. The van der Waals surface area contributed by atoms with Crippen LogP contribution in [-0.4, -0.2) is 21.6 Å². The van der Waals surface area contributed by atoms with Gasteiger partial charge in [-0.1, -0.05) is 30.3 Å². The van der Waals surface area contributed by atoms with E-state index in [0.717, 1.165) is 29.9 Å². The summed E-state index contributed by atoms with van der Waals surface area (Å²) < 4.78 is 7.28. The fraction of sp³-hybridized carbons (Fsp3) is 0.250. The molecular formula is C20H20N4O2. The van der Waals surface area contributed by atoms with Crippen molar-refractivity contribution in [2.24, 2.45) is 0 Å². The lowest BCUT2D eigenvalue weighted by atomic mass is 10.1. The molecule has 0 saturated carbocycles. The van der Waals surface area contributed by atoms with Gasteiger partial charge in [-0.15, -0.1) is 0 Å². The van der Waals surface area contributed by atoms with Crippen molar-refractivity contribution in [2.75, 3.05) is 12.4 Å². The molecule has 2 aromatic heterocycles. The summed E-state index contributed by atoms with van der Waals surface area (Å²) in [6.07, 6.45) is 1.80. The number of ether oxygens (including phenoxy) is 1. The highest BCUT2D eigenvalue weighted by Gasteiger charge is 2.26. The van der Waals surface area contributed by atoms with Crippen LogP contribution in [0.3, 0.4) is 0 Å². The quantitative estimate of drug-likeness (QED) is 0.784. The topological polar surface area (TPSA) is 69.0 Å². The Labute approximate surface area is 151 Å². The molecule has 6 heteroatoms. The van der Waals surface area contributed by atoms with Crippen molar-refractivity contribution >= 4 is 11.6 Å². The maximum Gasteiger partial charge on any atom is 0.274 e. The molecule has 4 rings (SSSR count). The van der Waals surface area contributed by atoms with Gasteiger partial charge in [0.15, 0.2) is 0 Å². The summed E-state index contributed by atoms with van der Waals surface area (Å²) in [5, 5.41) is 3.30. The van der Waals surface area contributed by atoms with Gasteiger partial charge in [0, 0.05) is 17.8 Å². The lowest BCUT2D eigenvalue weighted by Crippen LogP contribution is -2.19. The molecule has 132 valence electrons. The number of hydrogen-bond acceptors (Lipinski definition) is 5. The fourth-order valence-corrected chi connectivity index (χ4v) is 3.48. The molecule has 3 heterocycles. The second-order valence-corrected chi connectivity index (χ2v) is 6.36. The molecule has 0 radical (unpaired) electrons. The van der Waals surface area contributed by atoms with Crippen LogP contribution in [0.4, 0.5) is 11.6 Å². The Balaban J connectivity index is 1.77. The lowest BCUT2D eigenvalue weighted by molar-refractivity contribution is 0.397. The van der Waals surface area contributed by atoms with Crippen LogP contribution >= 0.6 is 0 Å². The van der Waals surface area contributed by atoms with Crippen molar-refractivity contribution < 1.29 is 4.74 Å². The van der Waals surface area contributed by atoms with E-state index in [-0.39, 0.29) is 11.6 Å². The first-order valence-electron chi connectivity index (χ1n) is 8.62. The van der Waals surface area contributed by atoms with Crippen LogP contribution in [0, 0.1) is 6.92 Å². The van der Waals surface area contributed by atoms with E-state index in [1.807, 2.05) is 31.2 Å². The first kappa shape index (κ1) is 16.3. The minimum atomic E-state index is -0.230. The molecule has 1 aliphatic heterocycles. The van der Waals surface area contributed by atoms with Gasteiger partial charge in [0.2, 0.25) is 11.8 Å². The maximum absolute atomic E-state index is 12.1. The lowest BCUT2D eigenvalue weighted by Gasteiger charge is -2.20. The van der Waals surface area contributed by atoms with Crippen LogP contribution in [0.1, 0.15) is 29.4 Å². The largest absolute Gasteiger partial charge is 0.481 e. The standard InChI is InChI=1S/C20H20N4O2/c1-13-16(9-11-19(21-13)26-2)22-20-23-18(25)12-15-8-10-17(24(15)20)14-6-4-3-5-7-14/h3-7,9,11-12,17H,8,10H2,1-2H3,(H,22,23,25). The van der Waals surface area contributed by atoms with Crippen molar-refractivity contribution in [3.8, 4) is 5.88 Å². The Morgan fingerprint density at radius 1 is 1.15 bits per heavy atom. The number of nitrogens with zero attached hydrogens (tertiary/aromatic N) is 3. The maximum atomic E-state index is 12.1. The van der Waals surface area contributed by atoms with Crippen LogP contribution in [0.2, 0.25) is 0 Å². The first-order valence-corrected chi connectivity index (χ1v) is 8.62. The van der Waals surface area contributed by atoms with Crippen LogP contribution in [-0.2, 0) is 6.42 Å². The number of benzene rings is 1. The fourth-order valence-electron chi connectivity index (χ4n) is 3.48. The molecule has 0 fully saturated rings. The Morgan fingerprint density at radius 2 is 1.96 bits per heavy atom. The van der Waals surface area contributed by atoms with Gasteiger partial charge in [-0.3, -0.25) is 4.79 Å². The summed E-state index contributed by atoms with van der Waals surface area (Å²) in [5.41, 5.74) is 3.57. The number of anilines is 2. The molecule has 1 unspecified atom stereocenters. The van der Waals surface area contributed by atoms with Crippen molar-refractivity contribution in [1.82, 2.24) is 14.5 Å². The summed E-state index contributed by atoms with van der Waals surface area (Å²) >= 11 is 0. The number of rotatable bonds is 4. The number of methoxy groups -OCH3 is 1. The zero-order valence-corrected chi connectivity index (χ0v) is 14.8. The van der Waals surface area contributed by atoms with Gasteiger partial charge in [0.25, 0.3) is 5.56 Å². The number of pyridine rings is 1. The second-order valence-electron chi connectivity index (χ2n) is 6.36. The zero-order chi connectivity index (χ0) is 18.1. The van der Waals surface area contributed by atoms with Crippen molar-refractivity contribution in [2.45, 2.75) is 25.8 Å². The molecule has 1 atom stereocenters. The molecule has 3 aromatic rings. The minimum Gasteiger partial charge on any atom is -0.481 e. The first-order chi connectivity index (χ1) is 12.7. The van der Waals surface area contributed by atoms with Crippen molar-refractivity contribution in [3.05, 3.63) is 75.8 Å². The molecule has 0 saturated heterocycles. The smallest absolute Gasteiger partial charge is 0.274 e. The van der Waals surface area contributed by atoms with E-state index in [4.69, 9.17) is 4.74 Å². The van der Waals surface area contributed by atoms with E-state index >= 15 is 0 Å². The molecule has 1 aliphatic rings. The van der Waals surface area contributed by atoms with Crippen LogP contribution < -0.4 is 15.6 Å². The number of nitrogens with one attached hydrogen (secondary N) is 1. The minimum absolute atomic E-state index is 0.160. The third kappa shape index (κ3) is 2.94. The molecular weight excluding hydrogens is 328 g/mol. The summed E-state index contributed by atoms with van der Waals surface area (Å²) in [6.45, 7) is 1.89. The van der Waals surface area contributed by atoms with Crippen LogP contribution in [0.25, 0.3) is 0 Å². The molecule has 0 spiro atoms. The van der Waals surface area contributed by atoms with E-state index in [2.05, 4.69) is 32.0 Å². The van der Waals surface area contributed by atoms with Gasteiger partial charge in [-0.2, -0.15) is 4.98 Å². The molecule has 6 nitrogen and oxygen atoms in total. The second kappa shape index (κ2) is 6.63. The highest BCUT2D eigenvalue weighted by atomic mass is 16.5. The number of aromatic nitrogens is 3. The Bertz CT molecular complexity index is 998. The van der Waals surface area contributed by atoms with Crippen LogP contribution in [0.15, 0.2) is 53.3 Å². The average Bonchev–Trinajstić information content (AvgIpc) is 3.08. The number of fused-ring (bicyclic) bond motifs is 1. The summed E-state index contributed by atoms with van der Waals surface area (Å²) in [6, 6.07) is 15.8. The molecule has 0 amide bonds. The van der Waals surface area contributed by atoms with E-state index in [1.165, 1.54) is 5.56 Å². The summed E-state index contributed by atoms with van der Waals surface area (Å²) in [5.74, 6) is 1.10. The monoisotopic (exact) mass is 348 g/mol. The van der Waals surface area contributed by atoms with E-state index in [1.54, 1.807) is 19.2 Å². The predicted molar refractivity (Wildman–Crippen MR) is 100 cm³/mol. The Kier molecular flexibility index (Phi) is 4.16.